The highest BCUT2D eigenvalue weighted by Crippen LogP contribution is 2.26. The first-order valence-electron chi connectivity index (χ1n) is 6.73. The van der Waals surface area contributed by atoms with Crippen LogP contribution < -0.4 is 5.32 Å². The molecule has 1 amide bonds. The van der Waals surface area contributed by atoms with Crippen LogP contribution in [0.4, 0.5) is 10.1 Å². The number of benzene rings is 2. The van der Waals surface area contributed by atoms with Gasteiger partial charge in [-0.2, -0.15) is 0 Å². The van der Waals surface area contributed by atoms with Gasteiger partial charge in [-0.3, -0.25) is 4.79 Å². The highest BCUT2D eigenvalue weighted by molar-refractivity contribution is 5.93. The van der Waals surface area contributed by atoms with E-state index in [2.05, 4.69) is 16.9 Å². The fourth-order valence-corrected chi connectivity index (χ4v) is 2.09. The molecular weight excluding hydrogens is 283 g/mol. The van der Waals surface area contributed by atoms with Gasteiger partial charge in [-0.15, -0.1) is 6.58 Å². The number of fused-ring (bicyclic) bond motifs is 1. The Morgan fingerprint density at radius 1 is 1.32 bits per heavy atom. The lowest BCUT2D eigenvalue weighted by Crippen LogP contribution is -2.09. The molecule has 22 heavy (non-hydrogen) atoms. The second kappa shape index (κ2) is 5.81. The normalized spacial score (nSPS) is 10.6. The molecule has 0 aliphatic heterocycles. The number of hydrogen-bond donors (Lipinski definition) is 1. The predicted molar refractivity (Wildman–Crippen MR) is 82.8 cm³/mol. The van der Waals surface area contributed by atoms with E-state index in [9.17, 15) is 9.18 Å². The van der Waals surface area contributed by atoms with Crippen LogP contribution in [0.5, 0.6) is 0 Å². The van der Waals surface area contributed by atoms with Crippen molar-refractivity contribution < 1.29 is 13.6 Å². The molecule has 0 spiro atoms. The number of rotatable bonds is 4. The van der Waals surface area contributed by atoms with Crippen molar-refractivity contribution in [3.8, 4) is 11.5 Å². The molecule has 0 aliphatic rings. The second-order valence-corrected chi connectivity index (χ2v) is 4.75. The monoisotopic (exact) mass is 296 g/mol. The average Bonchev–Trinajstić information content (AvgIpc) is 2.90. The summed E-state index contributed by atoms with van der Waals surface area (Å²) in [5.41, 5.74) is 2.35. The summed E-state index contributed by atoms with van der Waals surface area (Å²) in [6, 6.07) is 11.2. The number of hydrogen-bond acceptors (Lipinski definition) is 3. The van der Waals surface area contributed by atoms with Crippen LogP contribution in [0.25, 0.3) is 22.6 Å². The van der Waals surface area contributed by atoms with Crippen molar-refractivity contribution in [3.05, 3.63) is 60.9 Å². The molecule has 110 valence electrons. The van der Waals surface area contributed by atoms with Crippen LogP contribution in [-0.2, 0) is 4.79 Å². The van der Waals surface area contributed by atoms with Gasteiger partial charge in [-0.25, -0.2) is 9.37 Å². The Hall–Kier alpha value is -2.95. The first-order valence-corrected chi connectivity index (χ1v) is 6.73. The standard InChI is InChI=1S/C17H13FN2O2/c1-2-4-16(21)19-13-7-8-15-14(10-13)20-17(22-15)11-5-3-6-12(18)9-11/h2-3,5-10H,1,4H2,(H,19,21). The van der Waals surface area contributed by atoms with Crippen LogP contribution in [-0.4, -0.2) is 10.9 Å². The fraction of sp³-hybridized carbons (Fsp3) is 0.0588. The van der Waals surface area contributed by atoms with Crippen molar-refractivity contribution in [2.75, 3.05) is 5.32 Å². The summed E-state index contributed by atoms with van der Waals surface area (Å²) in [6.07, 6.45) is 1.78. The molecule has 0 unspecified atom stereocenters. The van der Waals surface area contributed by atoms with Crippen molar-refractivity contribution in [1.29, 1.82) is 0 Å². The second-order valence-electron chi connectivity index (χ2n) is 4.75. The Bertz CT molecular complexity index is 855. The highest BCUT2D eigenvalue weighted by Gasteiger charge is 2.10. The van der Waals surface area contributed by atoms with Crippen LogP contribution in [0, 0.1) is 5.82 Å². The zero-order valence-electron chi connectivity index (χ0n) is 11.7. The van der Waals surface area contributed by atoms with Crippen molar-refractivity contribution in [3.63, 3.8) is 0 Å². The first-order chi connectivity index (χ1) is 10.7. The fourth-order valence-electron chi connectivity index (χ4n) is 2.09. The van der Waals surface area contributed by atoms with E-state index >= 15 is 0 Å². The minimum atomic E-state index is -0.350. The Kier molecular flexibility index (Phi) is 3.70. The van der Waals surface area contributed by atoms with Crippen LogP contribution >= 0.6 is 0 Å². The van der Waals surface area contributed by atoms with E-state index in [0.29, 0.717) is 28.2 Å². The Balaban J connectivity index is 1.93. The third kappa shape index (κ3) is 2.88. The van der Waals surface area contributed by atoms with Gasteiger partial charge >= 0.3 is 0 Å². The topological polar surface area (TPSA) is 55.1 Å². The maximum atomic E-state index is 13.3. The van der Waals surface area contributed by atoms with Gasteiger partial charge in [-0.1, -0.05) is 12.1 Å². The van der Waals surface area contributed by atoms with Gasteiger partial charge in [0.2, 0.25) is 11.8 Å². The third-order valence-electron chi connectivity index (χ3n) is 3.07. The lowest BCUT2D eigenvalue weighted by Gasteiger charge is -2.02. The molecule has 4 nitrogen and oxygen atoms in total. The summed E-state index contributed by atoms with van der Waals surface area (Å²) in [7, 11) is 0. The quantitative estimate of drug-likeness (QED) is 0.736. The summed E-state index contributed by atoms with van der Waals surface area (Å²) in [5, 5.41) is 2.74. The maximum Gasteiger partial charge on any atom is 0.228 e. The molecule has 1 heterocycles. The van der Waals surface area contributed by atoms with Gasteiger partial charge in [-0.05, 0) is 36.4 Å². The largest absolute Gasteiger partial charge is 0.436 e. The average molecular weight is 296 g/mol. The molecule has 0 bridgehead atoms. The number of nitrogens with one attached hydrogen (secondary N) is 1. The maximum absolute atomic E-state index is 13.3. The molecule has 0 atom stereocenters. The predicted octanol–water partition coefficient (Wildman–Crippen LogP) is 4.15. The van der Waals surface area contributed by atoms with Crippen molar-refractivity contribution >= 4 is 22.7 Å². The van der Waals surface area contributed by atoms with E-state index in [1.807, 2.05) is 0 Å². The van der Waals surface area contributed by atoms with Crippen molar-refractivity contribution in [1.82, 2.24) is 4.98 Å². The van der Waals surface area contributed by atoms with E-state index in [-0.39, 0.29) is 18.1 Å². The molecule has 1 N–H and O–H groups in total. The molecule has 0 saturated heterocycles. The van der Waals surface area contributed by atoms with Crippen LogP contribution in [0.3, 0.4) is 0 Å². The van der Waals surface area contributed by atoms with Gasteiger partial charge < -0.3 is 9.73 Å². The van der Waals surface area contributed by atoms with E-state index in [1.165, 1.54) is 18.2 Å². The summed E-state index contributed by atoms with van der Waals surface area (Å²) in [6.45, 7) is 3.52. The van der Waals surface area contributed by atoms with Crippen LogP contribution in [0.1, 0.15) is 6.42 Å². The summed E-state index contributed by atoms with van der Waals surface area (Å²) in [4.78, 5) is 15.9. The van der Waals surface area contributed by atoms with Crippen LogP contribution in [0.2, 0.25) is 0 Å². The van der Waals surface area contributed by atoms with Crippen molar-refractivity contribution in [2.45, 2.75) is 6.42 Å². The minimum absolute atomic E-state index is 0.150. The number of carbonyl (C=O) groups is 1. The van der Waals surface area contributed by atoms with Gasteiger partial charge in [0.15, 0.2) is 5.58 Å². The van der Waals surface area contributed by atoms with Gasteiger partial charge in [0.1, 0.15) is 11.3 Å². The lowest BCUT2D eigenvalue weighted by molar-refractivity contribution is -0.115. The van der Waals surface area contributed by atoms with E-state index in [1.54, 1.807) is 30.3 Å². The number of amides is 1. The van der Waals surface area contributed by atoms with E-state index in [0.717, 1.165) is 0 Å². The summed E-state index contributed by atoms with van der Waals surface area (Å²) < 4.78 is 18.9. The van der Waals surface area contributed by atoms with Crippen LogP contribution in [0.15, 0.2) is 59.5 Å². The number of aromatic nitrogens is 1. The molecule has 1 aromatic heterocycles. The highest BCUT2D eigenvalue weighted by atomic mass is 19.1. The van der Waals surface area contributed by atoms with Gasteiger partial charge in [0.05, 0.1) is 0 Å². The SMILES string of the molecule is C=CCC(=O)Nc1ccc2oc(-c3cccc(F)c3)nc2c1. The Morgan fingerprint density at radius 3 is 2.95 bits per heavy atom. The molecule has 3 rings (SSSR count). The number of nitrogens with zero attached hydrogens (tertiary/aromatic N) is 1. The molecule has 0 radical (unpaired) electrons. The molecule has 5 heteroatoms. The Morgan fingerprint density at radius 2 is 2.18 bits per heavy atom. The summed E-state index contributed by atoms with van der Waals surface area (Å²) >= 11 is 0. The zero-order chi connectivity index (χ0) is 15.5. The number of halogens is 1. The van der Waals surface area contributed by atoms with Gasteiger partial charge in [0, 0.05) is 17.7 Å². The number of oxazole rings is 1. The minimum Gasteiger partial charge on any atom is -0.436 e. The molecule has 0 fully saturated rings. The number of carbonyl (C=O) groups excluding carboxylic acids is 1. The summed E-state index contributed by atoms with van der Waals surface area (Å²) in [5.74, 6) is -0.163. The molecule has 0 aliphatic carbocycles. The van der Waals surface area contributed by atoms with Crippen molar-refractivity contribution in [2.24, 2.45) is 0 Å². The molecule has 2 aromatic carbocycles. The molecule has 0 saturated carbocycles. The lowest BCUT2D eigenvalue weighted by atomic mass is 10.2. The number of anilines is 1. The molecular formula is C17H13FN2O2. The van der Waals surface area contributed by atoms with E-state index in [4.69, 9.17) is 4.42 Å². The zero-order valence-corrected chi connectivity index (χ0v) is 11.7. The third-order valence-corrected chi connectivity index (χ3v) is 3.07. The Labute approximate surface area is 126 Å². The molecule has 3 aromatic rings. The van der Waals surface area contributed by atoms with Gasteiger partial charge in [0.25, 0.3) is 0 Å². The first kappa shape index (κ1) is 14.0. The van der Waals surface area contributed by atoms with E-state index < -0.39 is 0 Å². The smallest absolute Gasteiger partial charge is 0.228 e.